The van der Waals surface area contributed by atoms with Crippen LogP contribution in [-0.4, -0.2) is 14.8 Å². The molecule has 18 heavy (non-hydrogen) atoms. The summed E-state index contributed by atoms with van der Waals surface area (Å²) < 4.78 is 40.0. The molecule has 0 aromatic carbocycles. The molecule has 2 aromatic heterocycles. The lowest BCUT2D eigenvalue weighted by Gasteiger charge is -2.17. The Labute approximate surface area is 101 Å². The van der Waals surface area contributed by atoms with E-state index in [0.29, 0.717) is 5.69 Å². The van der Waals surface area contributed by atoms with Gasteiger partial charge in [0.2, 0.25) is 0 Å². The van der Waals surface area contributed by atoms with Gasteiger partial charge in [-0.05, 0) is 12.1 Å². The molecule has 96 valence electrons. The maximum Gasteiger partial charge on any atom is 0.416 e. The van der Waals surface area contributed by atoms with E-state index in [4.69, 9.17) is 5.73 Å². The van der Waals surface area contributed by atoms with Gasteiger partial charge in [0, 0.05) is 31.2 Å². The van der Waals surface area contributed by atoms with Crippen LogP contribution in [0.1, 0.15) is 22.9 Å². The molecule has 0 saturated carbocycles. The van der Waals surface area contributed by atoms with Crippen molar-refractivity contribution in [2.45, 2.75) is 12.2 Å². The fourth-order valence-corrected chi connectivity index (χ4v) is 1.76. The van der Waals surface area contributed by atoms with Crippen molar-refractivity contribution in [3.05, 3.63) is 47.5 Å². The highest BCUT2D eigenvalue weighted by molar-refractivity contribution is 5.34. The molecule has 2 N–H and O–H groups in total. The Morgan fingerprint density at radius 2 is 2.00 bits per heavy atom. The maximum absolute atomic E-state index is 12.8. The Hall–Kier alpha value is -1.89. The summed E-state index contributed by atoms with van der Waals surface area (Å²) in [6.45, 7) is 0. The van der Waals surface area contributed by atoms with Gasteiger partial charge in [0.1, 0.15) is 0 Å². The van der Waals surface area contributed by atoms with Crippen LogP contribution in [0.25, 0.3) is 0 Å². The predicted molar refractivity (Wildman–Crippen MR) is 58.5 cm³/mol. The lowest BCUT2D eigenvalue weighted by molar-refractivity contribution is -0.138. The second kappa shape index (κ2) is 4.41. The van der Waals surface area contributed by atoms with Crippen molar-refractivity contribution in [3.8, 4) is 0 Å². The van der Waals surface area contributed by atoms with Crippen molar-refractivity contribution < 1.29 is 13.2 Å². The van der Waals surface area contributed by atoms with E-state index in [0.717, 1.165) is 18.5 Å². The average molecular weight is 256 g/mol. The zero-order valence-corrected chi connectivity index (χ0v) is 9.52. The Kier molecular flexibility index (Phi) is 3.08. The molecule has 0 bridgehead atoms. The smallest absolute Gasteiger partial charge is 0.319 e. The molecule has 2 rings (SSSR count). The number of aryl methyl sites for hydroxylation is 1. The minimum absolute atomic E-state index is 0.0615. The molecule has 0 aliphatic rings. The number of hydrogen-bond acceptors (Lipinski definition) is 3. The van der Waals surface area contributed by atoms with Crippen LogP contribution in [0.15, 0.2) is 30.7 Å². The molecular formula is C11H11F3N4. The van der Waals surface area contributed by atoms with Crippen molar-refractivity contribution in [3.63, 3.8) is 0 Å². The summed E-state index contributed by atoms with van der Waals surface area (Å²) in [6.07, 6.45) is -0.726. The van der Waals surface area contributed by atoms with Gasteiger partial charge in [-0.3, -0.25) is 9.67 Å². The molecular weight excluding hydrogens is 245 g/mol. The third-order valence-electron chi connectivity index (χ3n) is 2.67. The molecule has 0 fully saturated rings. The molecule has 0 saturated heterocycles. The number of pyridine rings is 1. The molecule has 4 nitrogen and oxygen atoms in total. The molecule has 1 atom stereocenters. The third kappa shape index (κ3) is 2.21. The van der Waals surface area contributed by atoms with Crippen LogP contribution < -0.4 is 5.73 Å². The quantitative estimate of drug-likeness (QED) is 0.892. The molecule has 0 radical (unpaired) electrons. The van der Waals surface area contributed by atoms with E-state index in [1.807, 2.05) is 0 Å². The topological polar surface area (TPSA) is 56.7 Å². The normalized spacial score (nSPS) is 13.6. The molecule has 2 aromatic rings. The van der Waals surface area contributed by atoms with Crippen molar-refractivity contribution in [1.29, 1.82) is 0 Å². The third-order valence-corrected chi connectivity index (χ3v) is 2.67. The first kappa shape index (κ1) is 12.6. The molecule has 0 amide bonds. The van der Waals surface area contributed by atoms with Crippen molar-refractivity contribution >= 4 is 0 Å². The standard InChI is InChI=1S/C11H11F3N4/c1-18-9(3-5-17-18)10(15)7-6-16-4-2-8(7)11(12,13)14/h2-6,10H,15H2,1H3. The second-order valence-electron chi connectivity index (χ2n) is 3.82. The van der Waals surface area contributed by atoms with Crippen LogP contribution in [0, 0.1) is 0 Å². The Balaban J connectivity index is 2.49. The number of alkyl halides is 3. The van der Waals surface area contributed by atoms with Gasteiger partial charge in [0.25, 0.3) is 0 Å². The zero-order valence-electron chi connectivity index (χ0n) is 9.52. The molecule has 0 aliphatic heterocycles. The fraction of sp³-hybridized carbons (Fsp3) is 0.273. The van der Waals surface area contributed by atoms with Gasteiger partial charge in [0.05, 0.1) is 17.3 Å². The zero-order chi connectivity index (χ0) is 13.3. The van der Waals surface area contributed by atoms with Crippen LogP contribution in [-0.2, 0) is 13.2 Å². The highest BCUT2D eigenvalue weighted by atomic mass is 19.4. The van der Waals surface area contributed by atoms with E-state index in [2.05, 4.69) is 10.1 Å². The Morgan fingerprint density at radius 3 is 2.56 bits per heavy atom. The predicted octanol–water partition coefficient (Wildman–Crippen LogP) is 1.88. The van der Waals surface area contributed by atoms with Gasteiger partial charge in [-0.1, -0.05) is 0 Å². The van der Waals surface area contributed by atoms with Crippen molar-refractivity contribution in [2.75, 3.05) is 0 Å². The molecule has 0 aliphatic carbocycles. The molecule has 2 heterocycles. The SMILES string of the molecule is Cn1nccc1C(N)c1cnccc1C(F)(F)F. The van der Waals surface area contributed by atoms with E-state index < -0.39 is 17.8 Å². The maximum atomic E-state index is 12.8. The van der Waals surface area contributed by atoms with Crippen LogP contribution in [0.3, 0.4) is 0 Å². The summed E-state index contributed by atoms with van der Waals surface area (Å²) in [5, 5.41) is 3.89. The first-order valence-electron chi connectivity index (χ1n) is 5.16. The van der Waals surface area contributed by atoms with E-state index in [1.165, 1.54) is 10.9 Å². The summed E-state index contributed by atoms with van der Waals surface area (Å²) in [6, 6.07) is 1.59. The monoisotopic (exact) mass is 256 g/mol. The summed E-state index contributed by atoms with van der Waals surface area (Å²) in [7, 11) is 1.62. The van der Waals surface area contributed by atoms with Crippen LogP contribution in [0.4, 0.5) is 13.2 Å². The number of nitrogens with zero attached hydrogens (tertiary/aromatic N) is 3. The van der Waals surface area contributed by atoms with Gasteiger partial charge >= 0.3 is 6.18 Å². The number of nitrogens with two attached hydrogens (primary N) is 1. The number of aromatic nitrogens is 3. The summed E-state index contributed by atoms with van der Waals surface area (Å²) in [5.41, 5.74) is 5.52. The first-order chi connectivity index (χ1) is 8.41. The van der Waals surface area contributed by atoms with E-state index in [1.54, 1.807) is 13.1 Å². The molecule has 7 heteroatoms. The van der Waals surface area contributed by atoms with Crippen molar-refractivity contribution in [2.24, 2.45) is 12.8 Å². The Bertz CT molecular complexity index is 547. The van der Waals surface area contributed by atoms with Gasteiger partial charge in [-0.15, -0.1) is 0 Å². The highest BCUT2D eigenvalue weighted by Gasteiger charge is 2.35. The van der Waals surface area contributed by atoms with E-state index >= 15 is 0 Å². The van der Waals surface area contributed by atoms with Gasteiger partial charge < -0.3 is 5.73 Å². The van der Waals surface area contributed by atoms with Crippen LogP contribution in [0.5, 0.6) is 0 Å². The van der Waals surface area contributed by atoms with E-state index in [9.17, 15) is 13.2 Å². The van der Waals surface area contributed by atoms with Crippen molar-refractivity contribution in [1.82, 2.24) is 14.8 Å². The molecule has 0 spiro atoms. The average Bonchev–Trinajstić information content (AvgIpc) is 2.73. The summed E-state index contributed by atoms with van der Waals surface area (Å²) in [5.74, 6) is 0. The largest absolute Gasteiger partial charge is 0.416 e. The fourth-order valence-electron chi connectivity index (χ4n) is 1.76. The first-order valence-corrected chi connectivity index (χ1v) is 5.16. The minimum atomic E-state index is -4.45. The highest BCUT2D eigenvalue weighted by Crippen LogP contribution is 2.34. The number of hydrogen-bond donors (Lipinski definition) is 1. The minimum Gasteiger partial charge on any atom is -0.319 e. The Morgan fingerprint density at radius 1 is 1.28 bits per heavy atom. The van der Waals surface area contributed by atoms with Gasteiger partial charge in [-0.2, -0.15) is 18.3 Å². The van der Waals surface area contributed by atoms with Gasteiger partial charge in [0.15, 0.2) is 0 Å². The number of rotatable bonds is 2. The van der Waals surface area contributed by atoms with Crippen LogP contribution in [0.2, 0.25) is 0 Å². The second-order valence-corrected chi connectivity index (χ2v) is 3.82. The molecule has 1 unspecified atom stereocenters. The number of halogens is 3. The lowest BCUT2D eigenvalue weighted by atomic mass is 10.0. The lowest BCUT2D eigenvalue weighted by Crippen LogP contribution is -2.21. The van der Waals surface area contributed by atoms with E-state index in [-0.39, 0.29) is 5.56 Å². The summed E-state index contributed by atoms with van der Waals surface area (Å²) >= 11 is 0. The van der Waals surface area contributed by atoms with Crippen LogP contribution >= 0.6 is 0 Å². The van der Waals surface area contributed by atoms with Gasteiger partial charge in [-0.25, -0.2) is 0 Å². The summed E-state index contributed by atoms with van der Waals surface area (Å²) in [4.78, 5) is 3.71.